The molecule has 3 rings (SSSR count). The minimum Gasteiger partial charge on any atom is -0.497 e. The molecule has 0 aliphatic heterocycles. The number of hydrogen-bond acceptors (Lipinski definition) is 5. The first-order chi connectivity index (χ1) is 12.6. The number of benzene rings is 2. The van der Waals surface area contributed by atoms with Gasteiger partial charge in [0.1, 0.15) is 11.5 Å². The molecule has 0 aliphatic rings. The van der Waals surface area contributed by atoms with Crippen LogP contribution in [0.5, 0.6) is 11.5 Å². The Balaban J connectivity index is 1.82. The van der Waals surface area contributed by atoms with Crippen LogP contribution in [0, 0.1) is 6.92 Å². The standard InChI is InChI=1S/C20H20N2O3S/c1-4-25-17-8-6-5-7-16(17)19(23)22-20-21-18(13(2)26-20)14-9-11-15(24-3)12-10-14/h5-12H,4H2,1-3H3,(H,21,22,23). The molecular formula is C20H20N2O3S. The predicted molar refractivity (Wildman–Crippen MR) is 104 cm³/mol. The van der Waals surface area contributed by atoms with Crippen LogP contribution in [0.1, 0.15) is 22.2 Å². The number of amides is 1. The average molecular weight is 368 g/mol. The van der Waals surface area contributed by atoms with Crippen LogP contribution in [0.25, 0.3) is 11.3 Å². The van der Waals surface area contributed by atoms with E-state index in [4.69, 9.17) is 9.47 Å². The van der Waals surface area contributed by atoms with Gasteiger partial charge >= 0.3 is 0 Å². The molecule has 0 aliphatic carbocycles. The van der Waals surface area contributed by atoms with Crippen molar-refractivity contribution in [2.45, 2.75) is 13.8 Å². The Morgan fingerprint density at radius 2 is 1.88 bits per heavy atom. The second-order valence-electron chi connectivity index (χ2n) is 5.54. The predicted octanol–water partition coefficient (Wildman–Crippen LogP) is 4.78. The topological polar surface area (TPSA) is 60.5 Å². The van der Waals surface area contributed by atoms with Crippen LogP contribution < -0.4 is 14.8 Å². The number of nitrogens with zero attached hydrogens (tertiary/aromatic N) is 1. The molecule has 1 aromatic heterocycles. The van der Waals surface area contributed by atoms with Gasteiger partial charge in [-0.2, -0.15) is 0 Å². The third kappa shape index (κ3) is 3.86. The number of anilines is 1. The number of nitrogens with one attached hydrogen (secondary N) is 1. The molecule has 1 heterocycles. The van der Waals surface area contributed by atoms with Crippen LogP contribution in [-0.2, 0) is 0 Å². The lowest BCUT2D eigenvalue weighted by molar-refractivity contribution is 0.102. The second kappa shape index (κ2) is 8.01. The van der Waals surface area contributed by atoms with E-state index >= 15 is 0 Å². The fraction of sp³-hybridized carbons (Fsp3) is 0.200. The van der Waals surface area contributed by atoms with Crippen molar-refractivity contribution in [2.75, 3.05) is 19.0 Å². The van der Waals surface area contributed by atoms with Gasteiger partial charge in [0, 0.05) is 10.4 Å². The highest BCUT2D eigenvalue weighted by Gasteiger charge is 2.16. The quantitative estimate of drug-likeness (QED) is 0.680. The zero-order valence-electron chi connectivity index (χ0n) is 14.9. The van der Waals surface area contributed by atoms with E-state index in [1.165, 1.54) is 11.3 Å². The molecular weight excluding hydrogens is 348 g/mol. The van der Waals surface area contributed by atoms with Gasteiger partial charge in [-0.1, -0.05) is 12.1 Å². The Bertz CT molecular complexity index is 904. The van der Waals surface area contributed by atoms with Gasteiger partial charge in [0.2, 0.25) is 0 Å². The Hall–Kier alpha value is -2.86. The summed E-state index contributed by atoms with van der Waals surface area (Å²) in [5.41, 5.74) is 2.33. The van der Waals surface area contributed by atoms with Crippen molar-refractivity contribution in [3.05, 3.63) is 59.0 Å². The van der Waals surface area contributed by atoms with Gasteiger partial charge in [-0.15, -0.1) is 11.3 Å². The molecule has 0 radical (unpaired) electrons. The van der Waals surface area contributed by atoms with Gasteiger partial charge in [0.15, 0.2) is 5.13 Å². The lowest BCUT2D eigenvalue weighted by atomic mass is 10.1. The average Bonchev–Trinajstić information content (AvgIpc) is 3.02. The molecule has 3 aromatic rings. The summed E-state index contributed by atoms with van der Waals surface area (Å²) in [5.74, 6) is 1.13. The minimum atomic E-state index is -0.232. The van der Waals surface area contributed by atoms with Crippen molar-refractivity contribution < 1.29 is 14.3 Å². The molecule has 0 fully saturated rings. The van der Waals surface area contributed by atoms with Crippen LogP contribution >= 0.6 is 11.3 Å². The number of aryl methyl sites for hydroxylation is 1. The fourth-order valence-corrected chi connectivity index (χ4v) is 3.40. The third-order valence-corrected chi connectivity index (χ3v) is 4.70. The van der Waals surface area contributed by atoms with Gasteiger partial charge in [-0.05, 0) is 50.2 Å². The van der Waals surface area contributed by atoms with Crippen LogP contribution in [0.3, 0.4) is 0 Å². The Morgan fingerprint density at radius 1 is 1.15 bits per heavy atom. The second-order valence-corrected chi connectivity index (χ2v) is 6.74. The molecule has 0 spiro atoms. The van der Waals surface area contributed by atoms with Crippen molar-refractivity contribution >= 4 is 22.4 Å². The first-order valence-electron chi connectivity index (χ1n) is 8.27. The molecule has 6 heteroatoms. The maximum absolute atomic E-state index is 12.6. The summed E-state index contributed by atoms with van der Waals surface area (Å²) in [6.07, 6.45) is 0. The van der Waals surface area contributed by atoms with Crippen LogP contribution in [0.15, 0.2) is 48.5 Å². The largest absolute Gasteiger partial charge is 0.497 e. The minimum absolute atomic E-state index is 0.232. The zero-order chi connectivity index (χ0) is 18.5. The van der Waals surface area contributed by atoms with E-state index in [0.29, 0.717) is 23.1 Å². The highest BCUT2D eigenvalue weighted by Crippen LogP contribution is 2.32. The monoisotopic (exact) mass is 368 g/mol. The van der Waals surface area contributed by atoms with E-state index in [1.54, 1.807) is 19.2 Å². The van der Waals surface area contributed by atoms with Crippen molar-refractivity contribution in [1.29, 1.82) is 0 Å². The number of ether oxygens (including phenoxy) is 2. The normalized spacial score (nSPS) is 10.4. The molecule has 5 nitrogen and oxygen atoms in total. The summed E-state index contributed by atoms with van der Waals surface area (Å²) in [6, 6.07) is 14.9. The number of aromatic nitrogens is 1. The molecule has 134 valence electrons. The van der Waals surface area contributed by atoms with Gasteiger partial charge in [0.25, 0.3) is 5.91 Å². The molecule has 0 bridgehead atoms. The molecule has 1 N–H and O–H groups in total. The van der Waals surface area contributed by atoms with Gasteiger partial charge in [-0.3, -0.25) is 10.1 Å². The summed E-state index contributed by atoms with van der Waals surface area (Å²) in [6.45, 7) is 4.38. The van der Waals surface area contributed by atoms with E-state index in [2.05, 4.69) is 10.3 Å². The van der Waals surface area contributed by atoms with Crippen LogP contribution in [0.4, 0.5) is 5.13 Å². The molecule has 0 unspecified atom stereocenters. The van der Waals surface area contributed by atoms with Gasteiger partial charge in [-0.25, -0.2) is 4.98 Å². The Kier molecular flexibility index (Phi) is 5.53. The summed E-state index contributed by atoms with van der Waals surface area (Å²) in [7, 11) is 1.64. The van der Waals surface area contributed by atoms with Crippen LogP contribution in [0.2, 0.25) is 0 Å². The zero-order valence-corrected chi connectivity index (χ0v) is 15.7. The van der Waals surface area contributed by atoms with E-state index in [-0.39, 0.29) is 5.91 Å². The molecule has 2 aromatic carbocycles. The van der Waals surface area contributed by atoms with E-state index in [1.807, 2.05) is 50.2 Å². The highest BCUT2D eigenvalue weighted by atomic mass is 32.1. The van der Waals surface area contributed by atoms with E-state index in [9.17, 15) is 4.79 Å². The lowest BCUT2D eigenvalue weighted by Crippen LogP contribution is -2.13. The Labute approximate surface area is 156 Å². The van der Waals surface area contributed by atoms with Crippen molar-refractivity contribution in [2.24, 2.45) is 0 Å². The molecule has 26 heavy (non-hydrogen) atoms. The Morgan fingerprint density at radius 3 is 2.58 bits per heavy atom. The smallest absolute Gasteiger partial charge is 0.261 e. The molecule has 0 saturated heterocycles. The van der Waals surface area contributed by atoms with E-state index in [0.717, 1.165) is 21.9 Å². The number of hydrogen-bond donors (Lipinski definition) is 1. The van der Waals surface area contributed by atoms with Gasteiger partial charge < -0.3 is 9.47 Å². The summed E-state index contributed by atoms with van der Waals surface area (Å²) < 4.78 is 10.7. The fourth-order valence-electron chi connectivity index (χ4n) is 2.57. The number of carbonyl (C=O) groups is 1. The molecule has 0 atom stereocenters. The highest BCUT2D eigenvalue weighted by molar-refractivity contribution is 7.16. The third-order valence-electron chi connectivity index (χ3n) is 3.81. The number of carbonyl (C=O) groups excluding carboxylic acids is 1. The number of rotatable bonds is 6. The van der Waals surface area contributed by atoms with Crippen LogP contribution in [-0.4, -0.2) is 24.6 Å². The van der Waals surface area contributed by atoms with Crippen molar-refractivity contribution in [3.63, 3.8) is 0 Å². The number of para-hydroxylation sites is 1. The SMILES string of the molecule is CCOc1ccccc1C(=O)Nc1nc(-c2ccc(OC)cc2)c(C)s1. The molecule has 0 saturated carbocycles. The molecule has 1 amide bonds. The van der Waals surface area contributed by atoms with Crippen molar-refractivity contribution in [3.8, 4) is 22.8 Å². The lowest BCUT2D eigenvalue weighted by Gasteiger charge is -2.08. The summed E-state index contributed by atoms with van der Waals surface area (Å²) in [5, 5.41) is 3.43. The van der Waals surface area contributed by atoms with Gasteiger partial charge in [0.05, 0.1) is 25.0 Å². The number of methoxy groups -OCH3 is 1. The maximum Gasteiger partial charge on any atom is 0.261 e. The first-order valence-corrected chi connectivity index (χ1v) is 9.09. The van der Waals surface area contributed by atoms with Crippen molar-refractivity contribution in [1.82, 2.24) is 4.98 Å². The van der Waals surface area contributed by atoms with E-state index < -0.39 is 0 Å². The maximum atomic E-state index is 12.6. The summed E-state index contributed by atoms with van der Waals surface area (Å²) >= 11 is 1.45. The number of thiazole rings is 1. The summed E-state index contributed by atoms with van der Waals surface area (Å²) in [4.78, 5) is 18.2. The first kappa shape index (κ1) is 17.9.